The molecule has 5 nitrogen and oxygen atoms in total. The molecule has 0 bridgehead atoms. The van der Waals surface area contributed by atoms with E-state index >= 15 is 0 Å². The largest absolute Gasteiger partial charge is 0.465 e. The molecule has 0 amide bonds. The molecule has 9 heteroatoms. The van der Waals surface area contributed by atoms with Gasteiger partial charge < -0.3 is 4.74 Å². The van der Waals surface area contributed by atoms with E-state index < -0.39 is 16.0 Å². The molecule has 1 aliphatic carbocycles. The molecule has 0 atom stereocenters. The quantitative estimate of drug-likeness (QED) is 0.548. The van der Waals surface area contributed by atoms with Crippen LogP contribution in [0.15, 0.2) is 23.1 Å². The van der Waals surface area contributed by atoms with Crippen molar-refractivity contribution in [1.29, 1.82) is 0 Å². The highest BCUT2D eigenvalue weighted by Crippen LogP contribution is 2.39. The number of rotatable bonds is 4. The first-order valence-corrected chi connectivity index (χ1v) is 11.1. The Morgan fingerprint density at radius 3 is 2.65 bits per heavy atom. The highest BCUT2D eigenvalue weighted by Gasteiger charge is 2.29. The first kappa shape index (κ1) is 19.5. The van der Waals surface area contributed by atoms with Gasteiger partial charge in [-0.2, -0.15) is 0 Å². The maximum Gasteiger partial charge on any atom is 0.341 e. The first-order chi connectivity index (χ1) is 12.3. The second-order valence-electron chi connectivity index (χ2n) is 5.94. The predicted molar refractivity (Wildman–Crippen MR) is 104 cm³/mol. The van der Waals surface area contributed by atoms with Gasteiger partial charge in [0.05, 0.1) is 17.7 Å². The van der Waals surface area contributed by atoms with Crippen molar-refractivity contribution in [3.63, 3.8) is 0 Å². The monoisotopic (exact) mass is 433 g/mol. The van der Waals surface area contributed by atoms with Crippen molar-refractivity contribution in [2.24, 2.45) is 0 Å². The van der Waals surface area contributed by atoms with Gasteiger partial charge in [-0.25, -0.2) is 13.2 Å². The molecule has 1 N–H and O–H groups in total. The molecule has 3 rings (SSSR count). The molecule has 0 spiro atoms. The number of halogens is 2. The zero-order valence-corrected chi connectivity index (χ0v) is 17.1. The molecule has 0 aliphatic heterocycles. The lowest BCUT2D eigenvalue weighted by molar-refractivity contribution is 0.0601. The number of nitrogens with one attached hydrogen (secondary N) is 1. The van der Waals surface area contributed by atoms with Crippen LogP contribution in [0, 0.1) is 0 Å². The SMILES string of the molecule is COC(=O)c1c(NS(=O)(=O)c2cc(Cl)ccc2Cl)sc2c1CCCCC2. The average Bonchev–Trinajstić information content (AvgIpc) is 2.76. The van der Waals surface area contributed by atoms with Crippen LogP contribution >= 0.6 is 34.5 Å². The van der Waals surface area contributed by atoms with Crippen LogP contribution in [0.25, 0.3) is 0 Å². The molecular weight excluding hydrogens is 417 g/mol. The van der Waals surface area contributed by atoms with Gasteiger partial charge in [-0.05, 0) is 49.4 Å². The number of esters is 1. The predicted octanol–water partition coefficient (Wildman–Crippen LogP) is 4.91. The fourth-order valence-corrected chi connectivity index (χ4v) is 6.34. The summed E-state index contributed by atoms with van der Waals surface area (Å²) in [4.78, 5) is 13.2. The number of hydrogen-bond donors (Lipinski definition) is 1. The van der Waals surface area contributed by atoms with Gasteiger partial charge in [0, 0.05) is 9.90 Å². The molecule has 140 valence electrons. The number of fused-ring (bicyclic) bond motifs is 1. The van der Waals surface area contributed by atoms with Crippen LogP contribution in [-0.2, 0) is 27.6 Å². The Morgan fingerprint density at radius 2 is 1.92 bits per heavy atom. The van der Waals surface area contributed by atoms with Gasteiger partial charge in [0.25, 0.3) is 10.0 Å². The van der Waals surface area contributed by atoms with Crippen molar-refractivity contribution in [2.45, 2.75) is 37.0 Å². The maximum absolute atomic E-state index is 12.8. The number of hydrogen-bond acceptors (Lipinski definition) is 5. The smallest absolute Gasteiger partial charge is 0.341 e. The van der Waals surface area contributed by atoms with Crippen molar-refractivity contribution in [3.8, 4) is 0 Å². The summed E-state index contributed by atoms with van der Waals surface area (Å²) in [5.41, 5.74) is 1.19. The number of carbonyl (C=O) groups is 1. The molecular formula is C17H17Cl2NO4S2. The molecule has 1 aliphatic rings. The summed E-state index contributed by atoms with van der Waals surface area (Å²) in [5, 5.41) is 0.573. The molecule has 1 aromatic carbocycles. The van der Waals surface area contributed by atoms with Gasteiger partial charge in [-0.1, -0.05) is 29.6 Å². The lowest BCUT2D eigenvalue weighted by Crippen LogP contribution is -2.15. The standard InChI is InChI=1S/C17H17Cl2NO4S2/c1-24-17(21)15-11-5-3-2-4-6-13(11)25-16(15)20-26(22,23)14-9-10(18)7-8-12(14)19/h7-9,20H,2-6H2,1H3. The summed E-state index contributed by atoms with van der Waals surface area (Å²) in [6.07, 6.45) is 4.61. The summed E-state index contributed by atoms with van der Waals surface area (Å²) < 4.78 is 33.0. The molecule has 26 heavy (non-hydrogen) atoms. The van der Waals surface area contributed by atoms with Crippen molar-refractivity contribution in [1.82, 2.24) is 0 Å². The highest BCUT2D eigenvalue weighted by atomic mass is 35.5. The van der Waals surface area contributed by atoms with Crippen molar-refractivity contribution in [3.05, 3.63) is 44.2 Å². The van der Waals surface area contributed by atoms with E-state index in [-0.39, 0.29) is 19.9 Å². The van der Waals surface area contributed by atoms with E-state index in [2.05, 4.69) is 4.72 Å². The van der Waals surface area contributed by atoms with E-state index in [9.17, 15) is 13.2 Å². The Morgan fingerprint density at radius 1 is 1.19 bits per heavy atom. The van der Waals surface area contributed by atoms with Crippen LogP contribution in [-0.4, -0.2) is 21.5 Å². The highest BCUT2D eigenvalue weighted by molar-refractivity contribution is 7.93. The number of methoxy groups -OCH3 is 1. The Balaban J connectivity index is 2.06. The normalized spacial score (nSPS) is 14.4. The van der Waals surface area contributed by atoms with Gasteiger partial charge in [-0.15, -0.1) is 11.3 Å². The van der Waals surface area contributed by atoms with Gasteiger partial charge in [-0.3, -0.25) is 4.72 Å². The van der Waals surface area contributed by atoms with E-state index in [0.717, 1.165) is 42.5 Å². The number of thiophene rings is 1. The second-order valence-corrected chi connectivity index (χ2v) is 9.54. The Labute approximate surface area is 166 Å². The molecule has 0 fully saturated rings. The Bertz CT molecular complexity index is 954. The Hall–Kier alpha value is -1.28. The van der Waals surface area contributed by atoms with Crippen LogP contribution in [0.2, 0.25) is 10.0 Å². The number of aryl methyl sites for hydroxylation is 1. The van der Waals surface area contributed by atoms with Crippen LogP contribution in [0.4, 0.5) is 5.00 Å². The van der Waals surface area contributed by atoms with E-state index in [1.165, 1.54) is 36.6 Å². The number of carbonyl (C=O) groups excluding carboxylic acids is 1. The molecule has 0 saturated carbocycles. The molecule has 0 saturated heterocycles. The van der Waals surface area contributed by atoms with Crippen LogP contribution < -0.4 is 4.72 Å². The number of anilines is 1. The molecule has 2 aromatic rings. The van der Waals surface area contributed by atoms with E-state index in [4.69, 9.17) is 27.9 Å². The maximum atomic E-state index is 12.8. The minimum Gasteiger partial charge on any atom is -0.465 e. The van der Waals surface area contributed by atoms with Crippen LogP contribution in [0.5, 0.6) is 0 Å². The third kappa shape index (κ3) is 3.86. The van der Waals surface area contributed by atoms with Crippen molar-refractivity contribution < 1.29 is 17.9 Å². The van der Waals surface area contributed by atoms with Gasteiger partial charge in [0.2, 0.25) is 0 Å². The van der Waals surface area contributed by atoms with E-state index in [1.807, 2.05) is 0 Å². The summed E-state index contributed by atoms with van der Waals surface area (Å²) in [6.45, 7) is 0. The molecule has 0 radical (unpaired) electrons. The van der Waals surface area contributed by atoms with Gasteiger partial charge in [0.15, 0.2) is 0 Å². The molecule has 1 aromatic heterocycles. The van der Waals surface area contributed by atoms with Gasteiger partial charge in [0.1, 0.15) is 9.90 Å². The fraction of sp³-hybridized carbons (Fsp3) is 0.353. The van der Waals surface area contributed by atoms with Crippen LogP contribution in [0.1, 0.15) is 40.1 Å². The third-order valence-corrected chi connectivity index (χ3v) is 7.62. The number of benzene rings is 1. The third-order valence-electron chi connectivity index (χ3n) is 4.22. The first-order valence-electron chi connectivity index (χ1n) is 8.04. The zero-order valence-electron chi connectivity index (χ0n) is 14.0. The summed E-state index contributed by atoms with van der Waals surface area (Å²) in [5.74, 6) is -0.542. The fourth-order valence-electron chi connectivity index (χ4n) is 2.99. The number of ether oxygens (including phenoxy) is 1. The summed E-state index contributed by atoms with van der Waals surface area (Å²) >= 11 is 13.2. The minimum atomic E-state index is -4.00. The second kappa shape index (κ2) is 7.76. The molecule has 0 unspecified atom stereocenters. The zero-order chi connectivity index (χ0) is 18.9. The summed E-state index contributed by atoms with van der Waals surface area (Å²) in [7, 11) is -2.72. The topological polar surface area (TPSA) is 72.5 Å². The number of sulfonamides is 1. The van der Waals surface area contributed by atoms with Crippen molar-refractivity contribution >= 4 is 55.5 Å². The minimum absolute atomic E-state index is 0.0552. The average molecular weight is 434 g/mol. The van der Waals surface area contributed by atoms with Crippen LogP contribution in [0.3, 0.4) is 0 Å². The lowest BCUT2D eigenvalue weighted by Gasteiger charge is -2.10. The lowest BCUT2D eigenvalue weighted by atomic mass is 10.1. The van der Waals surface area contributed by atoms with Gasteiger partial charge >= 0.3 is 5.97 Å². The van der Waals surface area contributed by atoms with Crippen molar-refractivity contribution in [2.75, 3.05) is 11.8 Å². The summed E-state index contributed by atoms with van der Waals surface area (Å²) in [6, 6.07) is 4.21. The van der Waals surface area contributed by atoms with E-state index in [1.54, 1.807) is 0 Å². The Kier molecular flexibility index (Phi) is 5.81. The van der Waals surface area contributed by atoms with E-state index in [0.29, 0.717) is 5.56 Å². The molecule has 1 heterocycles.